The molecule has 5 nitrogen and oxygen atoms in total. The van der Waals surface area contributed by atoms with Crippen molar-refractivity contribution in [2.45, 2.75) is 66.2 Å². The highest BCUT2D eigenvalue weighted by Crippen LogP contribution is 2.61. The minimum Gasteiger partial charge on any atom is -0.507 e. The molecule has 2 fully saturated rings. The number of allylic oxidation sites excluding steroid dienone is 2. The third kappa shape index (κ3) is 3.01. The van der Waals surface area contributed by atoms with E-state index in [1.165, 1.54) is 6.92 Å². The number of ketones is 2. The zero-order chi connectivity index (χ0) is 23.6. The van der Waals surface area contributed by atoms with Crippen LogP contribution in [0.25, 0.3) is 5.76 Å². The number of carboxylic acid groups (broad SMARTS) is 1. The summed E-state index contributed by atoms with van der Waals surface area (Å²) in [6, 6.07) is 3.59. The second kappa shape index (κ2) is 7.43. The molecule has 0 amide bonds. The lowest BCUT2D eigenvalue weighted by atomic mass is 9.46. The molecule has 0 bridgehead atoms. The van der Waals surface area contributed by atoms with Crippen molar-refractivity contribution in [2.75, 3.05) is 0 Å². The third-order valence-corrected chi connectivity index (χ3v) is 8.85. The smallest absolute Gasteiger partial charge is 0.309 e. The standard InChI is InChI=1S/C27H32O5/c1-14-7-9-17-21(24(30)23(29)16(3)22(17)28)18(14)13-19-15(2)8-10-20-26(19,4)11-6-12-27(20,5)25(31)32/h7,9,19-20,28H,2,6,8,10-13H2,1,3-5H3,(H,31,32)/t19-,20-,26+,27+/m0/s1. The van der Waals surface area contributed by atoms with Crippen molar-refractivity contribution in [1.82, 2.24) is 0 Å². The first-order chi connectivity index (χ1) is 14.9. The molecule has 5 heteroatoms. The van der Waals surface area contributed by atoms with Crippen LogP contribution in [0, 0.1) is 29.6 Å². The Morgan fingerprint density at radius 3 is 2.50 bits per heavy atom. The predicted octanol–water partition coefficient (Wildman–Crippen LogP) is 5.46. The first-order valence-electron chi connectivity index (χ1n) is 11.5. The van der Waals surface area contributed by atoms with Gasteiger partial charge in [0.05, 0.1) is 5.41 Å². The molecule has 32 heavy (non-hydrogen) atoms. The summed E-state index contributed by atoms with van der Waals surface area (Å²) in [6.45, 7) is 11.8. The van der Waals surface area contributed by atoms with Crippen LogP contribution >= 0.6 is 0 Å². The molecule has 2 N–H and O–H groups in total. The van der Waals surface area contributed by atoms with Crippen molar-refractivity contribution in [2.24, 2.45) is 22.7 Å². The number of rotatable bonds is 3. The molecule has 1 aromatic carbocycles. The molecule has 0 spiro atoms. The molecule has 3 aliphatic rings. The Kier molecular flexibility index (Phi) is 5.22. The van der Waals surface area contributed by atoms with E-state index in [0.29, 0.717) is 24.0 Å². The second-order valence-corrected chi connectivity index (χ2v) is 10.5. The number of benzene rings is 1. The molecule has 4 atom stereocenters. The zero-order valence-electron chi connectivity index (χ0n) is 19.4. The van der Waals surface area contributed by atoms with Crippen molar-refractivity contribution in [3.05, 3.63) is 52.1 Å². The van der Waals surface area contributed by atoms with Gasteiger partial charge in [0.1, 0.15) is 5.76 Å². The fourth-order valence-electron chi connectivity index (χ4n) is 6.85. The maximum absolute atomic E-state index is 13.0. The largest absolute Gasteiger partial charge is 0.507 e. The first-order valence-corrected chi connectivity index (χ1v) is 11.5. The van der Waals surface area contributed by atoms with Crippen LogP contribution in [0.15, 0.2) is 29.9 Å². The monoisotopic (exact) mass is 436 g/mol. The van der Waals surface area contributed by atoms with E-state index in [0.717, 1.165) is 42.4 Å². The van der Waals surface area contributed by atoms with Crippen molar-refractivity contribution in [3.8, 4) is 0 Å². The number of Topliss-reactive ketones (excluding diaryl/α,β-unsaturated/α-hetero) is 2. The molecule has 0 radical (unpaired) electrons. The number of fused-ring (bicyclic) bond motifs is 2. The molecule has 0 saturated heterocycles. The minimum atomic E-state index is -0.777. The Bertz CT molecular complexity index is 1090. The number of aryl methyl sites for hydroxylation is 1. The van der Waals surface area contributed by atoms with Gasteiger partial charge in [-0.05, 0) is 81.3 Å². The number of carboxylic acids is 1. The highest BCUT2D eigenvalue weighted by Gasteiger charge is 2.57. The van der Waals surface area contributed by atoms with Gasteiger partial charge in [-0.2, -0.15) is 0 Å². The molecule has 0 aliphatic heterocycles. The Labute approximate surface area is 189 Å². The van der Waals surface area contributed by atoms with E-state index in [2.05, 4.69) is 13.5 Å². The Morgan fingerprint density at radius 2 is 1.84 bits per heavy atom. The maximum atomic E-state index is 13.0. The topological polar surface area (TPSA) is 91.7 Å². The minimum absolute atomic E-state index is 0.00229. The number of aliphatic carboxylic acids is 1. The van der Waals surface area contributed by atoms with Gasteiger partial charge >= 0.3 is 5.97 Å². The predicted molar refractivity (Wildman–Crippen MR) is 122 cm³/mol. The zero-order valence-corrected chi connectivity index (χ0v) is 19.4. The van der Waals surface area contributed by atoms with Crippen LogP contribution in [0.3, 0.4) is 0 Å². The van der Waals surface area contributed by atoms with Crippen molar-refractivity contribution in [1.29, 1.82) is 0 Å². The summed E-state index contributed by atoms with van der Waals surface area (Å²) in [7, 11) is 0. The summed E-state index contributed by atoms with van der Waals surface area (Å²) in [5, 5.41) is 20.7. The second-order valence-electron chi connectivity index (χ2n) is 10.5. The highest BCUT2D eigenvalue weighted by atomic mass is 16.4. The Balaban J connectivity index is 1.83. The Morgan fingerprint density at radius 1 is 1.16 bits per heavy atom. The molecule has 2 saturated carbocycles. The average molecular weight is 437 g/mol. The van der Waals surface area contributed by atoms with E-state index < -0.39 is 23.0 Å². The van der Waals surface area contributed by atoms with Crippen LogP contribution in [0.1, 0.15) is 79.9 Å². The van der Waals surface area contributed by atoms with E-state index in [4.69, 9.17) is 0 Å². The van der Waals surface area contributed by atoms with Crippen LogP contribution in [0.4, 0.5) is 0 Å². The normalized spacial score (nSPS) is 32.6. The average Bonchev–Trinajstić information content (AvgIpc) is 2.73. The van der Waals surface area contributed by atoms with Gasteiger partial charge < -0.3 is 10.2 Å². The number of carbonyl (C=O) groups excluding carboxylic acids is 2. The van der Waals surface area contributed by atoms with E-state index in [-0.39, 0.29) is 28.6 Å². The number of hydrogen-bond acceptors (Lipinski definition) is 4. The quantitative estimate of drug-likeness (QED) is 0.485. The lowest BCUT2D eigenvalue weighted by Gasteiger charge is -2.57. The third-order valence-electron chi connectivity index (χ3n) is 8.85. The van der Waals surface area contributed by atoms with Crippen LogP contribution in [-0.4, -0.2) is 27.7 Å². The number of aliphatic hydroxyl groups is 1. The van der Waals surface area contributed by atoms with E-state index in [1.54, 1.807) is 6.07 Å². The van der Waals surface area contributed by atoms with Crippen molar-refractivity contribution < 1.29 is 24.6 Å². The molecule has 170 valence electrons. The number of hydrogen-bond donors (Lipinski definition) is 2. The lowest BCUT2D eigenvalue weighted by Crippen LogP contribution is -2.53. The van der Waals surface area contributed by atoms with Crippen molar-refractivity contribution >= 4 is 23.3 Å². The molecule has 0 unspecified atom stereocenters. The summed E-state index contributed by atoms with van der Waals surface area (Å²) in [6.07, 6.45) is 4.51. The Hall–Kier alpha value is -2.69. The van der Waals surface area contributed by atoms with Gasteiger partial charge in [-0.1, -0.05) is 37.6 Å². The summed E-state index contributed by atoms with van der Waals surface area (Å²) < 4.78 is 0. The van der Waals surface area contributed by atoms with Gasteiger partial charge in [-0.15, -0.1) is 0 Å². The van der Waals surface area contributed by atoms with Crippen LogP contribution in [0.2, 0.25) is 0 Å². The number of aliphatic hydroxyl groups excluding tert-OH is 1. The van der Waals surface area contributed by atoms with Crippen molar-refractivity contribution in [3.63, 3.8) is 0 Å². The van der Waals surface area contributed by atoms with E-state index >= 15 is 0 Å². The molecule has 3 aliphatic carbocycles. The molecule has 0 heterocycles. The number of carbonyl (C=O) groups is 3. The summed E-state index contributed by atoms with van der Waals surface area (Å²) in [4.78, 5) is 37.8. The van der Waals surface area contributed by atoms with Gasteiger partial charge in [-0.3, -0.25) is 14.4 Å². The highest BCUT2D eigenvalue weighted by molar-refractivity contribution is 6.52. The first kappa shape index (κ1) is 22.5. The molecular formula is C27H32O5. The van der Waals surface area contributed by atoms with Crippen LogP contribution in [-0.2, 0) is 16.0 Å². The molecular weight excluding hydrogens is 404 g/mol. The molecule has 0 aromatic heterocycles. The van der Waals surface area contributed by atoms with Gasteiger partial charge in [0.15, 0.2) is 0 Å². The molecule has 4 rings (SSSR count). The fraction of sp³-hybridized carbons (Fsp3) is 0.519. The maximum Gasteiger partial charge on any atom is 0.309 e. The SMILES string of the molecule is C=C1CC[C@H]2[C@](C)(CCC[C@@]2(C)C(=O)O)[C@H]1Cc1c(C)ccc2c1C(=O)C(=O)C(C)=C2O. The van der Waals surface area contributed by atoms with Gasteiger partial charge in [0.2, 0.25) is 11.6 Å². The summed E-state index contributed by atoms with van der Waals surface area (Å²) in [5.41, 5.74) is 2.51. The summed E-state index contributed by atoms with van der Waals surface area (Å²) >= 11 is 0. The molecule has 1 aromatic rings. The van der Waals surface area contributed by atoms with Crippen LogP contribution in [0.5, 0.6) is 0 Å². The fourth-order valence-corrected chi connectivity index (χ4v) is 6.85. The van der Waals surface area contributed by atoms with Gasteiger partial charge in [-0.25, -0.2) is 0 Å². The summed E-state index contributed by atoms with van der Waals surface area (Å²) in [5.74, 6) is -2.08. The van der Waals surface area contributed by atoms with Gasteiger partial charge in [0, 0.05) is 16.7 Å². The van der Waals surface area contributed by atoms with E-state index in [9.17, 15) is 24.6 Å². The van der Waals surface area contributed by atoms with Gasteiger partial charge in [0.25, 0.3) is 0 Å². The van der Waals surface area contributed by atoms with E-state index in [1.807, 2.05) is 19.9 Å². The lowest BCUT2D eigenvalue weighted by molar-refractivity contribution is -0.164. The van der Waals surface area contributed by atoms with Crippen LogP contribution < -0.4 is 0 Å².